The van der Waals surface area contributed by atoms with E-state index in [-0.39, 0.29) is 29.7 Å². The van der Waals surface area contributed by atoms with Crippen molar-refractivity contribution in [2.24, 2.45) is 28.6 Å². The average Bonchev–Trinajstić information content (AvgIpc) is 3.95. The van der Waals surface area contributed by atoms with Gasteiger partial charge in [0.25, 0.3) is 5.91 Å². The minimum Gasteiger partial charge on any atom is -0.346 e. The summed E-state index contributed by atoms with van der Waals surface area (Å²) in [5.74, 6) is -2.65. The Morgan fingerprint density at radius 2 is 1.63 bits per heavy atom. The summed E-state index contributed by atoms with van der Waals surface area (Å²) in [4.78, 5) is 84.0. The second-order valence-electron chi connectivity index (χ2n) is 16.8. The first-order chi connectivity index (χ1) is 24.5. The summed E-state index contributed by atoms with van der Waals surface area (Å²) in [6.45, 7) is 13.8. The molecule has 0 radical (unpaired) electrons. The first-order valence-corrected chi connectivity index (χ1v) is 19.7. The van der Waals surface area contributed by atoms with Crippen LogP contribution in [0.4, 0.5) is 10.5 Å². The van der Waals surface area contributed by atoms with Crippen molar-refractivity contribution in [1.29, 1.82) is 0 Å². The molecule has 3 aliphatic carbocycles. The van der Waals surface area contributed by atoms with Gasteiger partial charge in [0, 0.05) is 18.8 Å². The van der Waals surface area contributed by atoms with Crippen molar-refractivity contribution in [2.75, 3.05) is 18.4 Å². The van der Waals surface area contributed by atoms with Gasteiger partial charge in [-0.25, -0.2) is 4.79 Å². The van der Waals surface area contributed by atoms with Crippen LogP contribution in [-0.2, 0) is 24.0 Å². The zero-order chi connectivity index (χ0) is 38.0. The number of amides is 6. The average molecular weight is 831 g/mol. The molecular formula is C39H55IN6O6. The van der Waals surface area contributed by atoms with E-state index in [1.807, 2.05) is 39.0 Å². The van der Waals surface area contributed by atoms with Crippen molar-refractivity contribution in [3.8, 4) is 0 Å². The third-order valence-corrected chi connectivity index (χ3v) is 13.2. The Hall–Kier alpha value is -3.49. The maximum absolute atomic E-state index is 14.7. The second kappa shape index (κ2) is 15.9. The minimum atomic E-state index is -1.02. The molecule has 1 saturated heterocycles. The number of likely N-dealkylation sites (tertiary alicyclic amines) is 1. The van der Waals surface area contributed by atoms with E-state index in [4.69, 9.17) is 0 Å². The summed E-state index contributed by atoms with van der Waals surface area (Å²) in [6.07, 6.45) is 8.02. The number of fused-ring (bicyclic) bond motifs is 1. The lowest BCUT2D eigenvalue weighted by atomic mass is 9.82. The van der Waals surface area contributed by atoms with Crippen molar-refractivity contribution in [3.63, 3.8) is 0 Å². The highest BCUT2D eigenvalue weighted by molar-refractivity contribution is 14.1. The molecule has 1 unspecified atom stereocenters. The number of nitrogens with one attached hydrogen (secondary N) is 5. The van der Waals surface area contributed by atoms with Crippen LogP contribution in [0.2, 0.25) is 0 Å². The number of anilines is 1. The van der Waals surface area contributed by atoms with Crippen LogP contribution in [-0.4, -0.2) is 81.0 Å². The normalized spacial score (nSPS) is 24.6. The number of Topliss-reactive ketones (excluding diaryl/α,β-unsaturated/α-hetero) is 1. The lowest BCUT2D eigenvalue weighted by Gasteiger charge is -2.41. The number of halogens is 1. The van der Waals surface area contributed by atoms with Crippen molar-refractivity contribution in [3.05, 3.63) is 43.0 Å². The molecule has 4 aliphatic rings. The Kier molecular flexibility index (Phi) is 12.1. The van der Waals surface area contributed by atoms with Crippen LogP contribution in [0.25, 0.3) is 0 Å². The Morgan fingerprint density at radius 1 is 0.981 bits per heavy atom. The molecule has 13 heteroatoms. The number of hydrogen-bond donors (Lipinski definition) is 5. The lowest BCUT2D eigenvalue weighted by Crippen LogP contribution is -2.65. The third-order valence-electron chi connectivity index (χ3n) is 11.5. The standard InChI is InChI=1S/C39H55IN6O6/c1-7-20-41-33(49)29(47)26(21-23-16-17-23)43-32(48)28-27-25(38(27,5)6)22-46(28)35(51)31(37(2,3)4)44-34(50)30(39(40)18-12-9-13-19-39)45-36(52)42-24-14-10-8-11-15-24/h7-8,10-11,14-15,23,25-28,30-31H,1,9,12-13,16-22H2,2-6H3,(H,41,49)(H,43,48)(H,44,50)(H2,42,45,52)/t25-,26?,27-,28-,30+,31+/m0/s1. The smallest absolute Gasteiger partial charge is 0.319 e. The monoisotopic (exact) mass is 830 g/mol. The Morgan fingerprint density at radius 3 is 2.23 bits per heavy atom. The SMILES string of the molecule is C=CCNC(=O)C(=O)C(CC1CC1)NC(=O)[C@@H]1[C@@H]2[C@H](CN1C(=O)[C@@H](NC(=O)[C@@H](NC(=O)Nc1ccccc1)C1(I)CCCCC1)C(C)(C)C)C2(C)C. The van der Waals surface area contributed by atoms with Crippen molar-refractivity contribution < 1.29 is 28.8 Å². The first-order valence-electron chi connectivity index (χ1n) is 18.6. The van der Waals surface area contributed by atoms with Gasteiger partial charge in [0.2, 0.25) is 23.5 Å². The number of alkyl halides is 1. The molecule has 284 valence electrons. The number of piperidine rings is 1. The maximum Gasteiger partial charge on any atom is 0.319 e. The van der Waals surface area contributed by atoms with E-state index in [1.54, 1.807) is 17.0 Å². The maximum atomic E-state index is 14.7. The molecule has 0 spiro atoms. The fourth-order valence-corrected chi connectivity index (χ4v) is 9.32. The van der Waals surface area contributed by atoms with Crippen LogP contribution >= 0.6 is 22.6 Å². The molecule has 1 aromatic rings. The second-order valence-corrected chi connectivity index (χ2v) is 18.9. The first kappa shape index (κ1) is 39.7. The number of benzene rings is 1. The summed E-state index contributed by atoms with van der Waals surface area (Å²) in [7, 11) is 0. The highest BCUT2D eigenvalue weighted by atomic mass is 127. The van der Waals surface area contributed by atoms with Gasteiger partial charge in [-0.2, -0.15) is 0 Å². The summed E-state index contributed by atoms with van der Waals surface area (Å²) in [6, 6.07) is 4.64. The lowest BCUT2D eigenvalue weighted by molar-refractivity contribution is -0.147. The van der Waals surface area contributed by atoms with Crippen molar-refractivity contribution in [1.82, 2.24) is 26.2 Å². The number of para-hydroxylation sites is 1. The number of carbonyl (C=O) groups excluding carboxylic acids is 6. The number of carbonyl (C=O) groups is 6. The fourth-order valence-electron chi connectivity index (χ4n) is 8.12. The van der Waals surface area contributed by atoms with Gasteiger partial charge < -0.3 is 31.5 Å². The van der Waals surface area contributed by atoms with E-state index in [9.17, 15) is 28.8 Å². The van der Waals surface area contributed by atoms with Gasteiger partial charge in [-0.3, -0.25) is 24.0 Å². The highest BCUT2D eigenvalue weighted by Gasteiger charge is 2.70. The number of ketones is 1. The summed E-state index contributed by atoms with van der Waals surface area (Å²) < 4.78 is -0.567. The molecular weight excluding hydrogens is 775 g/mol. The van der Waals surface area contributed by atoms with Crippen molar-refractivity contribution in [2.45, 2.75) is 114 Å². The van der Waals surface area contributed by atoms with E-state index < -0.39 is 68.4 Å². The third kappa shape index (κ3) is 8.99. The molecule has 0 bridgehead atoms. The van der Waals surface area contributed by atoms with Gasteiger partial charge in [0.1, 0.15) is 18.1 Å². The number of hydrogen-bond acceptors (Lipinski definition) is 6. The highest BCUT2D eigenvalue weighted by Crippen LogP contribution is 2.65. The number of urea groups is 1. The quantitative estimate of drug-likeness (QED) is 0.0803. The van der Waals surface area contributed by atoms with Crippen LogP contribution in [0, 0.1) is 28.6 Å². The van der Waals surface area contributed by atoms with E-state index in [2.05, 4.69) is 69.6 Å². The van der Waals surface area contributed by atoms with E-state index >= 15 is 0 Å². The Labute approximate surface area is 321 Å². The van der Waals surface area contributed by atoms with E-state index in [0.717, 1.165) is 44.9 Å². The topological polar surface area (TPSA) is 166 Å². The predicted octanol–water partition coefficient (Wildman–Crippen LogP) is 4.48. The fraction of sp³-hybridized carbons (Fsp3) is 0.641. The zero-order valence-electron chi connectivity index (χ0n) is 31.1. The number of nitrogens with zero attached hydrogens (tertiary/aromatic N) is 1. The molecule has 12 nitrogen and oxygen atoms in total. The zero-order valence-corrected chi connectivity index (χ0v) is 33.2. The molecule has 1 heterocycles. The molecule has 4 fully saturated rings. The molecule has 3 saturated carbocycles. The van der Waals surface area contributed by atoms with Crippen LogP contribution < -0.4 is 26.6 Å². The van der Waals surface area contributed by atoms with Crippen molar-refractivity contribution >= 4 is 63.7 Å². The summed E-state index contributed by atoms with van der Waals surface area (Å²) in [5.41, 5.74) is -0.371. The number of rotatable bonds is 14. The van der Waals surface area contributed by atoms with Crippen LogP contribution in [0.15, 0.2) is 43.0 Å². The van der Waals surface area contributed by atoms with Gasteiger partial charge in [0.05, 0.1) is 9.46 Å². The largest absolute Gasteiger partial charge is 0.346 e. The molecule has 52 heavy (non-hydrogen) atoms. The minimum absolute atomic E-state index is 0.0629. The Balaban J connectivity index is 1.37. The molecule has 6 amide bonds. The Bertz CT molecular complexity index is 1550. The van der Waals surface area contributed by atoms with Gasteiger partial charge in [-0.15, -0.1) is 6.58 Å². The molecule has 5 rings (SSSR count). The molecule has 5 N–H and O–H groups in total. The van der Waals surface area contributed by atoms with Gasteiger partial charge >= 0.3 is 6.03 Å². The molecule has 0 aromatic heterocycles. The van der Waals surface area contributed by atoms with Gasteiger partial charge in [-0.1, -0.05) is 114 Å². The van der Waals surface area contributed by atoms with Crippen LogP contribution in [0.1, 0.15) is 86.0 Å². The molecule has 1 aliphatic heterocycles. The predicted molar refractivity (Wildman–Crippen MR) is 207 cm³/mol. The summed E-state index contributed by atoms with van der Waals surface area (Å²) >= 11 is 2.31. The van der Waals surface area contributed by atoms with Crippen LogP contribution in [0.5, 0.6) is 0 Å². The van der Waals surface area contributed by atoms with Gasteiger partial charge in [0.15, 0.2) is 0 Å². The van der Waals surface area contributed by atoms with Crippen LogP contribution in [0.3, 0.4) is 0 Å². The molecule has 6 atom stereocenters. The van der Waals surface area contributed by atoms with Gasteiger partial charge in [-0.05, 0) is 60.0 Å². The van der Waals surface area contributed by atoms with E-state index in [1.165, 1.54) is 6.08 Å². The van der Waals surface area contributed by atoms with E-state index in [0.29, 0.717) is 18.7 Å². The molecule has 1 aromatic carbocycles. The summed E-state index contributed by atoms with van der Waals surface area (Å²) in [5, 5.41) is 14.2.